The number of aliphatic hydroxyl groups is 1. The van der Waals surface area contributed by atoms with Gasteiger partial charge in [0.2, 0.25) is 0 Å². The summed E-state index contributed by atoms with van der Waals surface area (Å²) >= 11 is 0. The van der Waals surface area contributed by atoms with E-state index >= 15 is 0 Å². The summed E-state index contributed by atoms with van der Waals surface area (Å²) in [4.78, 5) is 5.16. The third-order valence-corrected chi connectivity index (χ3v) is 5.48. The molecule has 3 nitrogen and oxygen atoms in total. The molecule has 1 saturated heterocycles. The molecular formula is C16H32N2O. The Morgan fingerprint density at radius 2 is 1.89 bits per heavy atom. The normalized spacial score (nSPS) is 35.4. The molecule has 0 amide bonds. The molecule has 1 N–H and O–H groups in total. The zero-order valence-corrected chi connectivity index (χ0v) is 13.2. The van der Waals surface area contributed by atoms with Crippen molar-refractivity contribution in [3.8, 4) is 0 Å². The molecule has 1 aliphatic carbocycles. The van der Waals surface area contributed by atoms with E-state index in [1.807, 2.05) is 0 Å². The van der Waals surface area contributed by atoms with Crippen LogP contribution in [0.25, 0.3) is 0 Å². The van der Waals surface area contributed by atoms with Gasteiger partial charge in [0, 0.05) is 19.1 Å². The highest BCUT2D eigenvalue weighted by molar-refractivity contribution is 4.93. The molecule has 3 atom stereocenters. The number of rotatable bonds is 5. The summed E-state index contributed by atoms with van der Waals surface area (Å²) in [7, 11) is 0. The average Bonchev–Trinajstić information content (AvgIpc) is 2.92. The summed E-state index contributed by atoms with van der Waals surface area (Å²) in [6.45, 7) is 14.8. The van der Waals surface area contributed by atoms with Gasteiger partial charge in [-0.1, -0.05) is 27.7 Å². The molecule has 0 aromatic heterocycles. The topological polar surface area (TPSA) is 26.7 Å². The summed E-state index contributed by atoms with van der Waals surface area (Å²) in [6.07, 6.45) is 3.56. The highest BCUT2D eigenvalue weighted by Gasteiger charge is 2.41. The van der Waals surface area contributed by atoms with Gasteiger partial charge < -0.3 is 10.0 Å². The van der Waals surface area contributed by atoms with E-state index in [4.69, 9.17) is 0 Å². The van der Waals surface area contributed by atoms with Crippen LogP contribution in [0.3, 0.4) is 0 Å². The maximum Gasteiger partial charge on any atom is 0.0631 e. The number of nitrogens with zero attached hydrogens (tertiary/aromatic N) is 2. The van der Waals surface area contributed by atoms with Crippen molar-refractivity contribution in [3.05, 3.63) is 0 Å². The van der Waals surface area contributed by atoms with E-state index < -0.39 is 0 Å². The summed E-state index contributed by atoms with van der Waals surface area (Å²) in [5.74, 6) is 0.491. The van der Waals surface area contributed by atoms with Crippen LogP contribution in [-0.2, 0) is 0 Å². The van der Waals surface area contributed by atoms with Crippen LogP contribution in [0.15, 0.2) is 0 Å². The molecule has 0 aromatic carbocycles. The van der Waals surface area contributed by atoms with Crippen LogP contribution in [0.4, 0.5) is 0 Å². The van der Waals surface area contributed by atoms with Gasteiger partial charge >= 0.3 is 0 Å². The number of likely N-dealkylation sites (tertiary alicyclic amines) is 1. The van der Waals surface area contributed by atoms with E-state index in [0.717, 1.165) is 25.7 Å². The van der Waals surface area contributed by atoms with Gasteiger partial charge in [-0.3, -0.25) is 4.90 Å². The van der Waals surface area contributed by atoms with Gasteiger partial charge in [0.05, 0.1) is 6.10 Å². The SMILES string of the molecule is CCN(CC)C1CCN(CC2CCC(C)(C)C2O)C1. The zero-order valence-electron chi connectivity index (χ0n) is 13.2. The highest BCUT2D eigenvalue weighted by Crippen LogP contribution is 2.41. The predicted octanol–water partition coefficient (Wildman–Crippen LogP) is 2.20. The molecule has 1 aliphatic heterocycles. The molecule has 3 unspecified atom stereocenters. The Balaban J connectivity index is 1.83. The second kappa shape index (κ2) is 6.11. The first-order chi connectivity index (χ1) is 8.97. The molecule has 19 heavy (non-hydrogen) atoms. The van der Waals surface area contributed by atoms with Crippen LogP contribution in [0, 0.1) is 11.3 Å². The van der Waals surface area contributed by atoms with Crippen molar-refractivity contribution in [3.63, 3.8) is 0 Å². The van der Waals surface area contributed by atoms with Crippen molar-refractivity contribution < 1.29 is 5.11 Å². The number of hydrogen-bond donors (Lipinski definition) is 1. The Hall–Kier alpha value is -0.120. The third kappa shape index (κ3) is 3.32. The van der Waals surface area contributed by atoms with Crippen molar-refractivity contribution in [2.75, 3.05) is 32.7 Å². The molecule has 112 valence electrons. The van der Waals surface area contributed by atoms with E-state index in [0.29, 0.717) is 5.92 Å². The fraction of sp³-hybridized carbons (Fsp3) is 1.00. The Labute approximate surface area is 119 Å². The van der Waals surface area contributed by atoms with Gasteiger partial charge in [-0.25, -0.2) is 0 Å². The Kier molecular flexibility index (Phi) is 4.91. The molecular weight excluding hydrogens is 236 g/mol. The molecule has 2 rings (SSSR count). The van der Waals surface area contributed by atoms with E-state index in [-0.39, 0.29) is 11.5 Å². The van der Waals surface area contributed by atoms with Gasteiger partial charge in [-0.15, -0.1) is 0 Å². The lowest BCUT2D eigenvalue weighted by Gasteiger charge is -2.29. The van der Waals surface area contributed by atoms with Crippen LogP contribution in [0.2, 0.25) is 0 Å². The quantitative estimate of drug-likeness (QED) is 0.828. The number of aliphatic hydroxyl groups excluding tert-OH is 1. The molecule has 0 aromatic rings. The lowest BCUT2D eigenvalue weighted by atomic mass is 9.87. The zero-order chi connectivity index (χ0) is 14.0. The Morgan fingerprint density at radius 3 is 2.42 bits per heavy atom. The van der Waals surface area contributed by atoms with Crippen LogP contribution >= 0.6 is 0 Å². The molecule has 2 fully saturated rings. The fourth-order valence-corrected chi connectivity index (χ4v) is 4.04. The Bertz CT molecular complexity index is 288. The second-order valence-corrected chi connectivity index (χ2v) is 7.16. The molecule has 0 bridgehead atoms. The van der Waals surface area contributed by atoms with Crippen molar-refractivity contribution >= 4 is 0 Å². The minimum Gasteiger partial charge on any atom is -0.392 e. The molecule has 3 heteroatoms. The summed E-state index contributed by atoms with van der Waals surface area (Å²) < 4.78 is 0. The monoisotopic (exact) mass is 268 g/mol. The van der Waals surface area contributed by atoms with Gasteiger partial charge in [0.15, 0.2) is 0 Å². The largest absolute Gasteiger partial charge is 0.392 e. The predicted molar refractivity (Wildman–Crippen MR) is 80.3 cm³/mol. The molecule has 1 heterocycles. The molecule has 2 aliphatic rings. The average molecular weight is 268 g/mol. The van der Waals surface area contributed by atoms with E-state index in [1.165, 1.54) is 32.4 Å². The van der Waals surface area contributed by atoms with Gasteiger partial charge in [-0.05, 0) is 50.2 Å². The van der Waals surface area contributed by atoms with Crippen molar-refractivity contribution in [2.24, 2.45) is 11.3 Å². The summed E-state index contributed by atoms with van der Waals surface area (Å²) in [6, 6.07) is 0.738. The van der Waals surface area contributed by atoms with Crippen LogP contribution in [0.5, 0.6) is 0 Å². The fourth-order valence-electron chi connectivity index (χ4n) is 4.04. The first-order valence-electron chi connectivity index (χ1n) is 8.12. The lowest BCUT2D eigenvalue weighted by molar-refractivity contribution is 0.0345. The van der Waals surface area contributed by atoms with Crippen molar-refractivity contribution in [2.45, 2.75) is 59.1 Å². The number of hydrogen-bond acceptors (Lipinski definition) is 3. The molecule has 0 radical (unpaired) electrons. The van der Waals surface area contributed by atoms with E-state index in [9.17, 15) is 5.11 Å². The summed E-state index contributed by atoms with van der Waals surface area (Å²) in [5.41, 5.74) is 0.128. The third-order valence-electron chi connectivity index (χ3n) is 5.48. The van der Waals surface area contributed by atoms with Crippen LogP contribution in [-0.4, -0.2) is 59.8 Å². The van der Waals surface area contributed by atoms with Crippen LogP contribution < -0.4 is 0 Å². The van der Waals surface area contributed by atoms with E-state index in [2.05, 4.69) is 37.5 Å². The highest BCUT2D eigenvalue weighted by atomic mass is 16.3. The van der Waals surface area contributed by atoms with Crippen LogP contribution in [0.1, 0.15) is 47.0 Å². The number of likely N-dealkylation sites (N-methyl/N-ethyl adjacent to an activating group) is 1. The second-order valence-electron chi connectivity index (χ2n) is 7.16. The first kappa shape index (κ1) is 15.3. The van der Waals surface area contributed by atoms with E-state index in [1.54, 1.807) is 0 Å². The summed E-state index contributed by atoms with van der Waals surface area (Å²) in [5, 5.41) is 10.4. The van der Waals surface area contributed by atoms with Gasteiger partial charge in [-0.2, -0.15) is 0 Å². The lowest BCUT2D eigenvalue weighted by Crippen LogP contribution is -2.39. The standard InChI is InChI=1S/C16H32N2O/c1-5-18(6-2)14-8-10-17(12-14)11-13-7-9-16(3,4)15(13)19/h13-15,19H,5-12H2,1-4H3. The van der Waals surface area contributed by atoms with Crippen molar-refractivity contribution in [1.82, 2.24) is 9.80 Å². The first-order valence-corrected chi connectivity index (χ1v) is 8.12. The minimum atomic E-state index is -0.111. The van der Waals surface area contributed by atoms with Gasteiger partial charge in [0.25, 0.3) is 0 Å². The van der Waals surface area contributed by atoms with Crippen molar-refractivity contribution in [1.29, 1.82) is 0 Å². The molecule has 0 spiro atoms. The minimum absolute atomic E-state index is 0.111. The maximum absolute atomic E-state index is 10.4. The molecule has 1 saturated carbocycles. The smallest absolute Gasteiger partial charge is 0.0631 e. The Morgan fingerprint density at radius 1 is 1.21 bits per heavy atom. The van der Waals surface area contributed by atoms with Gasteiger partial charge in [0.1, 0.15) is 0 Å². The maximum atomic E-state index is 10.4.